The quantitative estimate of drug-likeness (QED) is 0.761. The van der Waals surface area contributed by atoms with Crippen LogP contribution in [0.2, 0.25) is 5.02 Å². The highest BCUT2D eigenvalue weighted by atomic mass is 35.5. The van der Waals surface area contributed by atoms with Gasteiger partial charge in [0.2, 0.25) is 0 Å². The maximum absolute atomic E-state index is 6.06. The molecule has 1 aliphatic rings. The SMILES string of the molecule is CC(C)CCN(Cc1cc(Cl)ccn1)C1CCCC1. The fraction of sp³-hybridized carbons (Fsp3) is 0.688. The standard InChI is InChI=1S/C16H25ClN2/c1-13(2)8-10-19(16-5-3-4-6-16)12-15-11-14(17)7-9-18-15/h7,9,11,13,16H,3-6,8,10,12H2,1-2H3. The number of nitrogens with zero attached hydrogens (tertiary/aromatic N) is 2. The van der Waals surface area contributed by atoms with Crippen LogP contribution < -0.4 is 0 Å². The van der Waals surface area contributed by atoms with E-state index in [0.717, 1.165) is 29.2 Å². The summed E-state index contributed by atoms with van der Waals surface area (Å²) in [5, 5.41) is 0.792. The number of hydrogen-bond acceptors (Lipinski definition) is 2. The van der Waals surface area contributed by atoms with Crippen molar-refractivity contribution < 1.29 is 0 Å². The van der Waals surface area contributed by atoms with Crippen LogP contribution in [0.5, 0.6) is 0 Å². The third-order valence-electron chi connectivity index (χ3n) is 3.98. The van der Waals surface area contributed by atoms with Gasteiger partial charge in [0.15, 0.2) is 0 Å². The molecule has 1 aromatic heterocycles. The van der Waals surface area contributed by atoms with E-state index in [0.29, 0.717) is 0 Å². The van der Waals surface area contributed by atoms with Crippen molar-refractivity contribution in [1.82, 2.24) is 9.88 Å². The maximum Gasteiger partial charge on any atom is 0.0558 e. The Balaban J connectivity index is 1.99. The molecule has 3 heteroatoms. The van der Waals surface area contributed by atoms with Crippen molar-refractivity contribution in [2.45, 2.75) is 58.5 Å². The maximum atomic E-state index is 6.06. The van der Waals surface area contributed by atoms with Crippen molar-refractivity contribution in [2.24, 2.45) is 5.92 Å². The van der Waals surface area contributed by atoms with Gasteiger partial charge in [0.25, 0.3) is 0 Å². The Hall–Kier alpha value is -0.600. The zero-order valence-electron chi connectivity index (χ0n) is 12.1. The fourth-order valence-corrected chi connectivity index (χ4v) is 3.01. The highest BCUT2D eigenvalue weighted by Gasteiger charge is 2.22. The predicted molar refractivity (Wildman–Crippen MR) is 81.4 cm³/mol. The summed E-state index contributed by atoms with van der Waals surface area (Å²) in [7, 11) is 0. The Bertz CT molecular complexity index is 386. The molecular weight excluding hydrogens is 256 g/mol. The lowest BCUT2D eigenvalue weighted by Crippen LogP contribution is -2.34. The normalized spacial score (nSPS) is 16.7. The summed E-state index contributed by atoms with van der Waals surface area (Å²) < 4.78 is 0. The van der Waals surface area contributed by atoms with Crippen LogP contribution in [0.15, 0.2) is 18.3 Å². The zero-order chi connectivity index (χ0) is 13.7. The molecule has 1 heterocycles. The second-order valence-corrected chi connectivity index (χ2v) is 6.49. The Kier molecular flexibility index (Phi) is 5.65. The van der Waals surface area contributed by atoms with Crippen molar-refractivity contribution in [1.29, 1.82) is 0 Å². The second-order valence-electron chi connectivity index (χ2n) is 6.06. The molecule has 0 spiro atoms. The van der Waals surface area contributed by atoms with Gasteiger partial charge in [0.05, 0.1) is 5.69 Å². The van der Waals surface area contributed by atoms with Gasteiger partial charge in [0.1, 0.15) is 0 Å². The summed E-state index contributed by atoms with van der Waals surface area (Å²) in [6.07, 6.45) is 8.53. The molecule has 106 valence electrons. The average molecular weight is 281 g/mol. The number of pyridine rings is 1. The van der Waals surface area contributed by atoms with E-state index in [2.05, 4.69) is 23.7 Å². The molecule has 2 nitrogen and oxygen atoms in total. The van der Waals surface area contributed by atoms with Gasteiger partial charge in [-0.05, 0) is 43.9 Å². The van der Waals surface area contributed by atoms with E-state index in [1.807, 2.05) is 18.3 Å². The first-order chi connectivity index (χ1) is 9.15. The third kappa shape index (κ3) is 4.77. The zero-order valence-corrected chi connectivity index (χ0v) is 12.9. The average Bonchev–Trinajstić information content (AvgIpc) is 2.88. The third-order valence-corrected chi connectivity index (χ3v) is 4.21. The molecule has 0 N–H and O–H groups in total. The summed E-state index contributed by atoms with van der Waals surface area (Å²) in [6, 6.07) is 4.59. The van der Waals surface area contributed by atoms with E-state index in [9.17, 15) is 0 Å². The first-order valence-electron chi connectivity index (χ1n) is 7.49. The van der Waals surface area contributed by atoms with Gasteiger partial charge in [-0.2, -0.15) is 0 Å². The highest BCUT2D eigenvalue weighted by molar-refractivity contribution is 6.30. The molecule has 0 unspecified atom stereocenters. The molecule has 0 bridgehead atoms. The first kappa shape index (κ1) is 14.8. The molecule has 0 aliphatic heterocycles. The Morgan fingerprint density at radius 3 is 2.74 bits per heavy atom. The monoisotopic (exact) mass is 280 g/mol. The molecule has 1 aliphatic carbocycles. The Morgan fingerprint density at radius 2 is 2.11 bits per heavy atom. The van der Waals surface area contributed by atoms with Crippen LogP contribution in [0.4, 0.5) is 0 Å². The summed E-state index contributed by atoms with van der Waals surface area (Å²) in [5.41, 5.74) is 1.10. The molecule has 1 aromatic rings. The van der Waals surface area contributed by atoms with E-state index >= 15 is 0 Å². The fourth-order valence-electron chi connectivity index (χ4n) is 2.83. The molecular formula is C16H25ClN2. The van der Waals surface area contributed by atoms with Gasteiger partial charge < -0.3 is 0 Å². The lowest BCUT2D eigenvalue weighted by Gasteiger charge is -2.29. The minimum atomic E-state index is 0.750. The van der Waals surface area contributed by atoms with Crippen molar-refractivity contribution in [2.75, 3.05) is 6.54 Å². The summed E-state index contributed by atoms with van der Waals surface area (Å²) >= 11 is 6.06. The number of hydrogen-bond donors (Lipinski definition) is 0. The van der Waals surface area contributed by atoms with Gasteiger partial charge in [-0.15, -0.1) is 0 Å². The summed E-state index contributed by atoms with van der Waals surface area (Å²) in [5.74, 6) is 0.760. The van der Waals surface area contributed by atoms with Crippen molar-refractivity contribution in [3.05, 3.63) is 29.0 Å². The van der Waals surface area contributed by atoms with E-state index in [1.165, 1.54) is 38.6 Å². The van der Waals surface area contributed by atoms with Crippen LogP contribution in [-0.4, -0.2) is 22.5 Å². The van der Waals surface area contributed by atoms with Crippen LogP contribution in [0.1, 0.15) is 51.6 Å². The molecule has 19 heavy (non-hydrogen) atoms. The van der Waals surface area contributed by atoms with E-state index < -0.39 is 0 Å². The summed E-state index contributed by atoms with van der Waals surface area (Å²) in [6.45, 7) is 6.71. The van der Waals surface area contributed by atoms with Gasteiger partial charge in [-0.3, -0.25) is 9.88 Å². The van der Waals surface area contributed by atoms with Gasteiger partial charge >= 0.3 is 0 Å². The Morgan fingerprint density at radius 1 is 1.37 bits per heavy atom. The minimum Gasteiger partial charge on any atom is -0.295 e. The molecule has 1 fully saturated rings. The molecule has 2 rings (SSSR count). The Labute approximate surface area is 122 Å². The van der Waals surface area contributed by atoms with Crippen LogP contribution in [-0.2, 0) is 6.54 Å². The van der Waals surface area contributed by atoms with Crippen LogP contribution >= 0.6 is 11.6 Å². The van der Waals surface area contributed by atoms with E-state index in [1.54, 1.807) is 0 Å². The number of halogens is 1. The van der Waals surface area contributed by atoms with Gasteiger partial charge in [0, 0.05) is 23.8 Å². The second kappa shape index (κ2) is 7.25. The van der Waals surface area contributed by atoms with Crippen LogP contribution in [0.25, 0.3) is 0 Å². The molecule has 1 saturated carbocycles. The lowest BCUT2D eigenvalue weighted by molar-refractivity contribution is 0.177. The molecule has 0 radical (unpaired) electrons. The van der Waals surface area contributed by atoms with Crippen molar-refractivity contribution in [3.8, 4) is 0 Å². The van der Waals surface area contributed by atoms with Crippen LogP contribution in [0.3, 0.4) is 0 Å². The first-order valence-corrected chi connectivity index (χ1v) is 7.87. The van der Waals surface area contributed by atoms with Gasteiger partial charge in [-0.1, -0.05) is 38.3 Å². The van der Waals surface area contributed by atoms with Gasteiger partial charge in [-0.25, -0.2) is 0 Å². The number of rotatable bonds is 6. The predicted octanol–water partition coefficient (Wildman–Crippen LogP) is 4.53. The smallest absolute Gasteiger partial charge is 0.0558 e. The topological polar surface area (TPSA) is 16.1 Å². The largest absolute Gasteiger partial charge is 0.295 e. The van der Waals surface area contributed by atoms with E-state index in [-0.39, 0.29) is 0 Å². The molecule has 0 saturated heterocycles. The summed E-state index contributed by atoms with van der Waals surface area (Å²) in [4.78, 5) is 7.07. The molecule has 0 amide bonds. The van der Waals surface area contributed by atoms with Crippen molar-refractivity contribution in [3.63, 3.8) is 0 Å². The lowest BCUT2D eigenvalue weighted by atomic mass is 10.1. The van der Waals surface area contributed by atoms with E-state index in [4.69, 9.17) is 11.6 Å². The molecule has 0 atom stereocenters. The highest BCUT2D eigenvalue weighted by Crippen LogP contribution is 2.25. The number of aromatic nitrogens is 1. The van der Waals surface area contributed by atoms with Crippen LogP contribution in [0, 0.1) is 5.92 Å². The van der Waals surface area contributed by atoms with Crippen molar-refractivity contribution >= 4 is 11.6 Å². The minimum absolute atomic E-state index is 0.750. The molecule has 0 aromatic carbocycles.